The zero-order valence-corrected chi connectivity index (χ0v) is 7.30. The maximum atomic E-state index is 8.69. The van der Waals surface area contributed by atoms with Crippen LogP contribution in [-0.2, 0) is 0 Å². The van der Waals surface area contributed by atoms with E-state index in [-0.39, 0.29) is 12.3 Å². The van der Waals surface area contributed by atoms with E-state index in [0.29, 0.717) is 12.4 Å². The first-order chi connectivity index (χ1) is 6.29. The number of hydrogen-bond acceptors (Lipinski definition) is 5. The lowest BCUT2D eigenvalue weighted by molar-refractivity contribution is 0.304. The van der Waals surface area contributed by atoms with Gasteiger partial charge in [-0.15, -0.1) is 0 Å². The molecular formula is C8H10N4O. The summed E-state index contributed by atoms with van der Waals surface area (Å²) in [4.78, 5) is 9.54. The van der Waals surface area contributed by atoms with E-state index in [2.05, 4.69) is 9.97 Å². The van der Waals surface area contributed by atoms with Gasteiger partial charge >= 0.3 is 0 Å². The third kappa shape index (κ3) is 2.13. The lowest BCUT2D eigenvalue weighted by Crippen LogP contribution is -2.23. The molecule has 1 heterocycles. The highest BCUT2D eigenvalue weighted by Crippen LogP contribution is 2.10. The summed E-state index contributed by atoms with van der Waals surface area (Å²) in [6.45, 7) is 0.464. The fraction of sp³-hybridized carbons (Fsp3) is 0.375. The Labute approximate surface area is 76.3 Å². The van der Waals surface area contributed by atoms with Crippen molar-refractivity contribution in [2.75, 3.05) is 25.1 Å². The topological polar surface area (TPSA) is 73.0 Å². The predicted molar refractivity (Wildman–Crippen MR) is 47.1 cm³/mol. The van der Waals surface area contributed by atoms with Crippen LogP contribution in [0, 0.1) is 11.3 Å². The minimum absolute atomic E-state index is 0.0257. The van der Waals surface area contributed by atoms with Crippen molar-refractivity contribution < 1.29 is 5.11 Å². The Morgan fingerprint density at radius 1 is 1.54 bits per heavy atom. The van der Waals surface area contributed by atoms with E-state index in [1.54, 1.807) is 11.9 Å². The molecule has 13 heavy (non-hydrogen) atoms. The second-order valence-corrected chi connectivity index (χ2v) is 2.49. The summed E-state index contributed by atoms with van der Waals surface area (Å²) < 4.78 is 0. The number of likely N-dealkylation sites (N-methyl/N-ethyl adjacent to an activating group) is 1. The standard InChI is InChI=1S/C8H10N4O/c1-12(4-5-13)8-7(6-9)10-2-3-11-8/h2-3,13H,4-5H2,1H3. The lowest BCUT2D eigenvalue weighted by atomic mass is 10.4. The van der Waals surface area contributed by atoms with E-state index in [9.17, 15) is 0 Å². The number of anilines is 1. The third-order valence-electron chi connectivity index (χ3n) is 1.58. The van der Waals surface area contributed by atoms with Gasteiger partial charge in [0, 0.05) is 26.0 Å². The van der Waals surface area contributed by atoms with Crippen molar-refractivity contribution in [3.63, 3.8) is 0 Å². The minimum atomic E-state index is 0.0257. The van der Waals surface area contributed by atoms with Crippen LogP contribution in [0.1, 0.15) is 5.69 Å². The molecule has 5 heteroatoms. The molecule has 1 N–H and O–H groups in total. The zero-order chi connectivity index (χ0) is 9.68. The van der Waals surface area contributed by atoms with Crippen LogP contribution in [0.4, 0.5) is 5.82 Å². The molecule has 0 unspecified atom stereocenters. The fourth-order valence-corrected chi connectivity index (χ4v) is 0.945. The van der Waals surface area contributed by atoms with Crippen LogP contribution in [0.2, 0.25) is 0 Å². The molecule has 0 bridgehead atoms. The van der Waals surface area contributed by atoms with Crippen LogP contribution in [0.25, 0.3) is 0 Å². The van der Waals surface area contributed by atoms with Gasteiger partial charge in [-0.3, -0.25) is 0 Å². The highest BCUT2D eigenvalue weighted by molar-refractivity contribution is 5.48. The molecule has 0 amide bonds. The van der Waals surface area contributed by atoms with Crippen LogP contribution in [0.15, 0.2) is 12.4 Å². The molecule has 1 aromatic rings. The third-order valence-corrected chi connectivity index (χ3v) is 1.58. The van der Waals surface area contributed by atoms with Gasteiger partial charge in [-0.1, -0.05) is 0 Å². The highest BCUT2D eigenvalue weighted by atomic mass is 16.3. The summed E-state index contributed by atoms with van der Waals surface area (Å²) >= 11 is 0. The summed E-state index contributed by atoms with van der Waals surface area (Å²) in [6.07, 6.45) is 2.99. The van der Waals surface area contributed by atoms with E-state index in [4.69, 9.17) is 10.4 Å². The molecule has 0 saturated heterocycles. The largest absolute Gasteiger partial charge is 0.395 e. The monoisotopic (exact) mass is 178 g/mol. The van der Waals surface area contributed by atoms with Crippen molar-refractivity contribution in [3.05, 3.63) is 18.1 Å². The number of aliphatic hydroxyl groups excluding tert-OH is 1. The van der Waals surface area contributed by atoms with Crippen LogP contribution < -0.4 is 4.90 Å². The number of nitriles is 1. The molecular weight excluding hydrogens is 168 g/mol. The Morgan fingerprint density at radius 3 is 2.85 bits per heavy atom. The van der Waals surface area contributed by atoms with Gasteiger partial charge in [-0.2, -0.15) is 5.26 Å². The Hall–Kier alpha value is -1.67. The van der Waals surface area contributed by atoms with E-state index < -0.39 is 0 Å². The molecule has 0 aromatic carbocycles. The summed E-state index contributed by atoms with van der Waals surface area (Å²) in [6, 6.07) is 1.94. The first-order valence-electron chi connectivity index (χ1n) is 3.82. The highest BCUT2D eigenvalue weighted by Gasteiger charge is 2.07. The van der Waals surface area contributed by atoms with E-state index >= 15 is 0 Å². The van der Waals surface area contributed by atoms with E-state index in [1.165, 1.54) is 12.4 Å². The Bertz CT molecular complexity index is 320. The molecule has 0 saturated carbocycles. The number of hydrogen-bond donors (Lipinski definition) is 1. The summed E-state index contributed by atoms with van der Waals surface area (Å²) in [7, 11) is 1.75. The van der Waals surface area contributed by atoms with Crippen LogP contribution in [0.3, 0.4) is 0 Å². The zero-order valence-electron chi connectivity index (χ0n) is 7.30. The molecule has 1 aromatic heterocycles. The second-order valence-electron chi connectivity index (χ2n) is 2.49. The molecule has 5 nitrogen and oxygen atoms in total. The van der Waals surface area contributed by atoms with Gasteiger partial charge in [0.05, 0.1) is 6.61 Å². The van der Waals surface area contributed by atoms with Crippen molar-refractivity contribution in [2.45, 2.75) is 0 Å². The normalized spacial score (nSPS) is 9.31. The van der Waals surface area contributed by atoms with Gasteiger partial charge in [-0.25, -0.2) is 9.97 Å². The summed E-state index contributed by atoms with van der Waals surface area (Å²) in [5.41, 5.74) is 0.276. The molecule has 0 fully saturated rings. The van der Waals surface area contributed by atoms with Gasteiger partial charge in [0.25, 0.3) is 0 Å². The van der Waals surface area contributed by atoms with Gasteiger partial charge in [0.1, 0.15) is 6.07 Å². The Morgan fingerprint density at radius 2 is 2.23 bits per heavy atom. The fourth-order valence-electron chi connectivity index (χ4n) is 0.945. The van der Waals surface area contributed by atoms with Gasteiger partial charge < -0.3 is 10.0 Å². The van der Waals surface area contributed by atoms with E-state index in [0.717, 1.165) is 0 Å². The number of aromatic nitrogens is 2. The lowest BCUT2D eigenvalue weighted by Gasteiger charge is -2.16. The number of aliphatic hydroxyl groups is 1. The van der Waals surface area contributed by atoms with Crippen LogP contribution >= 0.6 is 0 Å². The molecule has 1 rings (SSSR count). The SMILES string of the molecule is CN(CCO)c1nccnc1C#N. The van der Waals surface area contributed by atoms with Gasteiger partial charge in [-0.05, 0) is 0 Å². The average Bonchev–Trinajstić information content (AvgIpc) is 2.18. The summed E-state index contributed by atoms with van der Waals surface area (Å²) in [5, 5.41) is 17.4. The smallest absolute Gasteiger partial charge is 0.183 e. The number of rotatable bonds is 3. The minimum Gasteiger partial charge on any atom is -0.395 e. The van der Waals surface area contributed by atoms with Crippen molar-refractivity contribution in [3.8, 4) is 6.07 Å². The molecule has 0 aliphatic heterocycles. The molecule has 0 aliphatic carbocycles. The van der Waals surface area contributed by atoms with Gasteiger partial charge in [0.2, 0.25) is 0 Å². The molecule has 68 valence electrons. The molecule has 0 aliphatic rings. The Kier molecular flexibility index (Phi) is 3.17. The number of nitrogens with zero attached hydrogens (tertiary/aromatic N) is 4. The van der Waals surface area contributed by atoms with Crippen LogP contribution in [-0.4, -0.2) is 35.3 Å². The second kappa shape index (κ2) is 4.38. The maximum Gasteiger partial charge on any atom is 0.183 e. The average molecular weight is 178 g/mol. The van der Waals surface area contributed by atoms with E-state index in [1.807, 2.05) is 6.07 Å². The van der Waals surface area contributed by atoms with Crippen molar-refractivity contribution in [1.29, 1.82) is 5.26 Å². The van der Waals surface area contributed by atoms with Crippen LogP contribution in [0.5, 0.6) is 0 Å². The predicted octanol–water partition coefficient (Wildman–Crippen LogP) is -0.223. The van der Waals surface area contributed by atoms with Crippen molar-refractivity contribution in [1.82, 2.24) is 9.97 Å². The molecule has 0 radical (unpaired) electrons. The maximum absolute atomic E-state index is 8.69. The molecule has 0 atom stereocenters. The van der Waals surface area contributed by atoms with Gasteiger partial charge in [0.15, 0.2) is 11.5 Å². The van der Waals surface area contributed by atoms with Crippen molar-refractivity contribution >= 4 is 5.82 Å². The molecule has 0 spiro atoms. The quantitative estimate of drug-likeness (QED) is 0.692. The first-order valence-corrected chi connectivity index (χ1v) is 3.82. The van der Waals surface area contributed by atoms with Crippen molar-refractivity contribution in [2.24, 2.45) is 0 Å². The first kappa shape index (κ1) is 9.42. The Balaban J connectivity index is 2.93. The summed E-state index contributed by atoms with van der Waals surface area (Å²) in [5.74, 6) is 0.499.